The van der Waals surface area contributed by atoms with Gasteiger partial charge in [0.1, 0.15) is 11.5 Å². The van der Waals surface area contributed by atoms with Gasteiger partial charge in [-0.05, 0) is 38.1 Å². The summed E-state index contributed by atoms with van der Waals surface area (Å²) in [6, 6.07) is 9.77. The number of nitrogens with two attached hydrogens (primary N) is 1. The molecule has 2 aromatic heterocycles. The van der Waals surface area contributed by atoms with Crippen LogP contribution in [0.4, 0.5) is 5.69 Å². The predicted octanol–water partition coefficient (Wildman–Crippen LogP) is 2.10. The van der Waals surface area contributed by atoms with E-state index in [2.05, 4.69) is 21.8 Å². The maximum absolute atomic E-state index is 7.46. The second kappa shape index (κ2) is 6.14. The molecule has 0 radical (unpaired) electrons. The summed E-state index contributed by atoms with van der Waals surface area (Å²) in [4.78, 5) is 10.8. The summed E-state index contributed by atoms with van der Waals surface area (Å²) in [6.45, 7) is 5.64. The Balaban J connectivity index is 2.24. The van der Waals surface area contributed by atoms with Crippen LogP contribution in [0.3, 0.4) is 0 Å². The van der Waals surface area contributed by atoms with Gasteiger partial charge in [0.15, 0.2) is 0 Å². The van der Waals surface area contributed by atoms with Crippen molar-refractivity contribution in [2.24, 2.45) is 5.73 Å². The molecule has 0 aliphatic carbocycles. The molecule has 0 atom stereocenters. The van der Waals surface area contributed by atoms with Crippen LogP contribution in [-0.4, -0.2) is 22.3 Å². The van der Waals surface area contributed by atoms with E-state index in [1.165, 1.54) is 0 Å². The molecular formula is C15H19N5. The van der Waals surface area contributed by atoms with Crippen LogP contribution in [-0.2, 0) is 6.54 Å². The first kappa shape index (κ1) is 14.0. The van der Waals surface area contributed by atoms with Gasteiger partial charge in [0.05, 0.1) is 12.2 Å². The topological polar surface area (TPSA) is 78.9 Å². The van der Waals surface area contributed by atoms with Crippen molar-refractivity contribution in [1.29, 1.82) is 5.41 Å². The van der Waals surface area contributed by atoms with Crippen LogP contribution in [0.2, 0.25) is 0 Å². The van der Waals surface area contributed by atoms with Gasteiger partial charge in [-0.2, -0.15) is 0 Å². The third-order valence-electron chi connectivity index (χ3n) is 3.07. The molecule has 104 valence electrons. The summed E-state index contributed by atoms with van der Waals surface area (Å²) in [5.74, 6) is -0.0171. The van der Waals surface area contributed by atoms with E-state index in [0.717, 1.165) is 30.2 Å². The molecule has 3 N–H and O–H groups in total. The first-order valence-corrected chi connectivity index (χ1v) is 6.58. The lowest BCUT2D eigenvalue weighted by Crippen LogP contribution is -2.23. The summed E-state index contributed by atoms with van der Waals surface area (Å²) < 4.78 is 0. The number of nitrogen functional groups attached to an aromatic ring is 1. The second-order valence-electron chi connectivity index (χ2n) is 4.60. The van der Waals surface area contributed by atoms with Crippen LogP contribution < -0.4 is 10.6 Å². The lowest BCUT2D eigenvalue weighted by atomic mass is 10.2. The molecule has 0 aliphatic heterocycles. The number of hydrogen-bond acceptors (Lipinski definition) is 4. The van der Waals surface area contributed by atoms with Gasteiger partial charge >= 0.3 is 0 Å². The van der Waals surface area contributed by atoms with Crippen LogP contribution in [0.5, 0.6) is 0 Å². The second-order valence-corrected chi connectivity index (χ2v) is 4.60. The first-order valence-electron chi connectivity index (χ1n) is 6.58. The molecular weight excluding hydrogens is 250 g/mol. The molecule has 2 rings (SSSR count). The molecule has 0 saturated carbocycles. The van der Waals surface area contributed by atoms with Gasteiger partial charge in [-0.15, -0.1) is 0 Å². The van der Waals surface area contributed by atoms with Gasteiger partial charge < -0.3 is 10.6 Å². The average Bonchev–Trinajstić information content (AvgIpc) is 2.45. The SMILES string of the molecule is CCN(Cc1cccc(C)n1)c1ccnc(C(=N)N)c1. The fraction of sp³-hybridized carbons (Fsp3) is 0.267. The Bertz CT molecular complexity index is 609. The number of aromatic nitrogens is 2. The lowest BCUT2D eigenvalue weighted by Gasteiger charge is -2.23. The molecule has 5 heteroatoms. The zero-order valence-electron chi connectivity index (χ0n) is 11.8. The number of amidine groups is 1. The van der Waals surface area contributed by atoms with Gasteiger partial charge in [0.2, 0.25) is 0 Å². The summed E-state index contributed by atoms with van der Waals surface area (Å²) in [5, 5.41) is 7.46. The quantitative estimate of drug-likeness (QED) is 0.643. The molecule has 0 amide bonds. The molecule has 0 bridgehead atoms. The smallest absolute Gasteiger partial charge is 0.141 e. The third-order valence-corrected chi connectivity index (χ3v) is 3.07. The Morgan fingerprint density at radius 2 is 2.15 bits per heavy atom. The van der Waals surface area contributed by atoms with E-state index in [1.54, 1.807) is 6.20 Å². The van der Waals surface area contributed by atoms with E-state index < -0.39 is 0 Å². The number of anilines is 1. The van der Waals surface area contributed by atoms with Gasteiger partial charge in [0.25, 0.3) is 0 Å². The number of pyridine rings is 2. The van der Waals surface area contributed by atoms with E-state index in [9.17, 15) is 0 Å². The lowest BCUT2D eigenvalue weighted by molar-refractivity contribution is 0.804. The minimum absolute atomic E-state index is 0.0171. The normalized spacial score (nSPS) is 10.3. The molecule has 0 fully saturated rings. The van der Waals surface area contributed by atoms with Crippen molar-refractivity contribution < 1.29 is 0 Å². The third kappa shape index (κ3) is 3.32. The molecule has 20 heavy (non-hydrogen) atoms. The highest BCUT2D eigenvalue weighted by atomic mass is 15.1. The monoisotopic (exact) mass is 269 g/mol. The average molecular weight is 269 g/mol. The standard InChI is InChI=1S/C15H19N5/c1-3-20(10-12-6-4-5-11(2)19-12)13-7-8-18-14(9-13)15(16)17/h4-9H,3,10H2,1-2H3,(H3,16,17). The number of rotatable bonds is 5. The Hall–Kier alpha value is -2.43. The Morgan fingerprint density at radius 1 is 1.35 bits per heavy atom. The van der Waals surface area contributed by atoms with E-state index in [4.69, 9.17) is 11.1 Å². The maximum Gasteiger partial charge on any atom is 0.141 e. The summed E-state index contributed by atoms with van der Waals surface area (Å²) in [7, 11) is 0. The van der Waals surface area contributed by atoms with Crippen molar-refractivity contribution in [3.63, 3.8) is 0 Å². The van der Waals surface area contributed by atoms with Gasteiger partial charge in [-0.1, -0.05) is 6.07 Å². The van der Waals surface area contributed by atoms with Crippen molar-refractivity contribution in [2.75, 3.05) is 11.4 Å². The minimum atomic E-state index is -0.0171. The Kier molecular flexibility index (Phi) is 4.30. The maximum atomic E-state index is 7.46. The van der Waals surface area contributed by atoms with E-state index in [-0.39, 0.29) is 5.84 Å². The van der Waals surface area contributed by atoms with Crippen LogP contribution in [0.15, 0.2) is 36.5 Å². The number of nitrogens with one attached hydrogen (secondary N) is 1. The van der Waals surface area contributed by atoms with Crippen molar-refractivity contribution in [3.05, 3.63) is 53.6 Å². The minimum Gasteiger partial charge on any atom is -0.382 e. The molecule has 5 nitrogen and oxygen atoms in total. The Morgan fingerprint density at radius 3 is 2.80 bits per heavy atom. The van der Waals surface area contributed by atoms with Crippen molar-refractivity contribution >= 4 is 11.5 Å². The van der Waals surface area contributed by atoms with Crippen LogP contribution in [0.1, 0.15) is 24.0 Å². The molecule has 2 heterocycles. The molecule has 0 saturated heterocycles. The van der Waals surface area contributed by atoms with E-state index >= 15 is 0 Å². The highest BCUT2D eigenvalue weighted by molar-refractivity contribution is 5.93. The molecule has 0 aliphatic rings. The summed E-state index contributed by atoms with van der Waals surface area (Å²) in [5.41, 5.74) is 9.01. The molecule has 0 spiro atoms. The van der Waals surface area contributed by atoms with Gasteiger partial charge in [-0.3, -0.25) is 15.4 Å². The van der Waals surface area contributed by atoms with Crippen LogP contribution in [0.25, 0.3) is 0 Å². The molecule has 0 unspecified atom stereocenters. The Labute approximate surface area is 119 Å². The highest BCUT2D eigenvalue weighted by Crippen LogP contribution is 2.16. The highest BCUT2D eigenvalue weighted by Gasteiger charge is 2.08. The zero-order chi connectivity index (χ0) is 14.5. The number of aryl methyl sites for hydroxylation is 1. The fourth-order valence-corrected chi connectivity index (χ4v) is 2.03. The van der Waals surface area contributed by atoms with E-state index in [0.29, 0.717) is 5.69 Å². The fourth-order valence-electron chi connectivity index (χ4n) is 2.03. The molecule has 2 aromatic rings. The van der Waals surface area contributed by atoms with Crippen molar-refractivity contribution in [2.45, 2.75) is 20.4 Å². The summed E-state index contributed by atoms with van der Waals surface area (Å²) in [6.07, 6.45) is 1.68. The number of hydrogen-bond donors (Lipinski definition) is 2. The first-order chi connectivity index (χ1) is 9.60. The van der Waals surface area contributed by atoms with E-state index in [1.807, 2.05) is 37.3 Å². The summed E-state index contributed by atoms with van der Waals surface area (Å²) >= 11 is 0. The number of nitrogens with zero attached hydrogens (tertiary/aromatic N) is 3. The molecule has 0 aromatic carbocycles. The van der Waals surface area contributed by atoms with Crippen LogP contribution in [0, 0.1) is 12.3 Å². The van der Waals surface area contributed by atoms with Gasteiger partial charge in [0, 0.05) is 24.1 Å². The van der Waals surface area contributed by atoms with Crippen molar-refractivity contribution in [1.82, 2.24) is 9.97 Å². The van der Waals surface area contributed by atoms with Crippen molar-refractivity contribution in [3.8, 4) is 0 Å². The predicted molar refractivity (Wildman–Crippen MR) is 81.0 cm³/mol. The largest absolute Gasteiger partial charge is 0.382 e. The van der Waals surface area contributed by atoms with Gasteiger partial charge in [-0.25, -0.2) is 0 Å². The van der Waals surface area contributed by atoms with Crippen LogP contribution >= 0.6 is 0 Å². The zero-order valence-corrected chi connectivity index (χ0v) is 11.8.